The van der Waals surface area contributed by atoms with E-state index in [4.69, 9.17) is 4.42 Å². The zero-order chi connectivity index (χ0) is 20.2. The number of hydrogen-bond donors (Lipinski definition) is 1. The van der Waals surface area contributed by atoms with E-state index in [-0.39, 0.29) is 17.7 Å². The van der Waals surface area contributed by atoms with Crippen LogP contribution in [0.25, 0.3) is 11.1 Å². The Morgan fingerprint density at radius 2 is 1.86 bits per heavy atom. The number of oxazole rings is 1. The van der Waals surface area contributed by atoms with Crippen LogP contribution >= 0.6 is 11.8 Å². The maximum Gasteiger partial charge on any atom is 0.232 e. The molecule has 2 heterocycles. The van der Waals surface area contributed by atoms with E-state index in [9.17, 15) is 9.59 Å². The first-order valence-corrected chi connectivity index (χ1v) is 10.7. The van der Waals surface area contributed by atoms with Crippen LogP contribution in [-0.4, -0.2) is 40.5 Å². The van der Waals surface area contributed by atoms with Crippen LogP contribution in [0, 0.1) is 0 Å². The topological polar surface area (TPSA) is 75.4 Å². The molecule has 7 heteroatoms. The lowest BCUT2D eigenvalue weighted by atomic mass is 9.97. The van der Waals surface area contributed by atoms with Crippen molar-refractivity contribution in [3.8, 4) is 0 Å². The average molecular weight is 410 g/mol. The number of nitrogens with zero attached hydrogens (tertiary/aromatic N) is 2. The standard InChI is InChI=1S/C22H23N3O3S/c1-15(26)23-17-6-8-18(9-7-17)29-14-21(27)25-12-10-16(11-13-25)22-24-19-4-2-3-5-20(19)28-22/h2-9,16H,10-14H2,1H3,(H,23,26). The molecule has 1 aliphatic heterocycles. The minimum atomic E-state index is -0.0955. The normalized spacial score (nSPS) is 14.9. The number of fused-ring (bicyclic) bond motifs is 1. The molecule has 0 unspecified atom stereocenters. The second-order valence-corrected chi connectivity index (χ2v) is 8.22. The monoisotopic (exact) mass is 409 g/mol. The summed E-state index contributed by atoms with van der Waals surface area (Å²) in [5.41, 5.74) is 2.47. The van der Waals surface area contributed by atoms with Gasteiger partial charge in [0.05, 0.1) is 5.75 Å². The molecule has 150 valence electrons. The number of para-hydroxylation sites is 2. The Morgan fingerprint density at radius 3 is 2.55 bits per heavy atom. The zero-order valence-corrected chi connectivity index (χ0v) is 17.1. The van der Waals surface area contributed by atoms with Crippen LogP contribution in [-0.2, 0) is 9.59 Å². The van der Waals surface area contributed by atoms with Gasteiger partial charge in [-0.25, -0.2) is 4.98 Å². The van der Waals surface area contributed by atoms with Gasteiger partial charge in [0, 0.05) is 36.5 Å². The van der Waals surface area contributed by atoms with Crippen molar-refractivity contribution in [3.63, 3.8) is 0 Å². The minimum absolute atomic E-state index is 0.0955. The molecule has 4 rings (SSSR count). The molecule has 0 aliphatic carbocycles. The smallest absolute Gasteiger partial charge is 0.232 e. The number of carbonyl (C=O) groups is 2. The van der Waals surface area contributed by atoms with Gasteiger partial charge in [0.25, 0.3) is 0 Å². The number of likely N-dealkylation sites (tertiary alicyclic amines) is 1. The number of hydrogen-bond acceptors (Lipinski definition) is 5. The Kier molecular flexibility index (Phi) is 5.85. The number of anilines is 1. The molecule has 0 radical (unpaired) electrons. The van der Waals surface area contributed by atoms with Crippen LogP contribution in [0.1, 0.15) is 31.6 Å². The van der Waals surface area contributed by atoms with Crippen LogP contribution in [0.15, 0.2) is 57.8 Å². The highest BCUT2D eigenvalue weighted by atomic mass is 32.2. The van der Waals surface area contributed by atoms with Crippen molar-refractivity contribution >= 4 is 40.4 Å². The highest BCUT2D eigenvalue weighted by molar-refractivity contribution is 8.00. The number of thioether (sulfide) groups is 1. The summed E-state index contributed by atoms with van der Waals surface area (Å²) in [5.74, 6) is 1.51. The highest BCUT2D eigenvalue weighted by Gasteiger charge is 2.27. The first-order chi connectivity index (χ1) is 14.1. The summed E-state index contributed by atoms with van der Waals surface area (Å²) in [4.78, 5) is 31.2. The molecule has 1 aromatic heterocycles. The van der Waals surface area contributed by atoms with Gasteiger partial charge in [-0.15, -0.1) is 11.8 Å². The second-order valence-electron chi connectivity index (χ2n) is 7.17. The van der Waals surface area contributed by atoms with Crippen molar-refractivity contribution in [2.75, 3.05) is 24.2 Å². The van der Waals surface area contributed by atoms with Gasteiger partial charge >= 0.3 is 0 Å². The molecule has 0 spiro atoms. The van der Waals surface area contributed by atoms with E-state index in [1.54, 1.807) is 0 Å². The first kappa shape index (κ1) is 19.5. The van der Waals surface area contributed by atoms with Gasteiger partial charge < -0.3 is 14.6 Å². The lowest BCUT2D eigenvalue weighted by Crippen LogP contribution is -2.39. The van der Waals surface area contributed by atoms with Gasteiger partial charge in [-0.2, -0.15) is 0 Å². The summed E-state index contributed by atoms with van der Waals surface area (Å²) in [7, 11) is 0. The number of carbonyl (C=O) groups excluding carboxylic acids is 2. The van der Waals surface area contributed by atoms with Crippen molar-refractivity contribution in [1.82, 2.24) is 9.88 Å². The van der Waals surface area contributed by atoms with Crippen molar-refractivity contribution in [3.05, 3.63) is 54.4 Å². The van der Waals surface area contributed by atoms with Crippen LogP contribution in [0.4, 0.5) is 5.69 Å². The van der Waals surface area contributed by atoms with Gasteiger partial charge in [-0.05, 0) is 49.2 Å². The molecule has 0 saturated carbocycles. The van der Waals surface area contributed by atoms with E-state index < -0.39 is 0 Å². The van der Waals surface area contributed by atoms with E-state index in [0.717, 1.165) is 53.5 Å². The largest absolute Gasteiger partial charge is 0.440 e. The van der Waals surface area contributed by atoms with Crippen LogP contribution in [0.3, 0.4) is 0 Å². The summed E-state index contributed by atoms with van der Waals surface area (Å²) in [5, 5.41) is 2.74. The SMILES string of the molecule is CC(=O)Nc1ccc(SCC(=O)N2CCC(c3nc4ccccc4o3)CC2)cc1. The molecule has 6 nitrogen and oxygen atoms in total. The van der Waals surface area contributed by atoms with Gasteiger partial charge in [-0.3, -0.25) is 9.59 Å². The number of nitrogens with one attached hydrogen (secondary N) is 1. The molecular formula is C22H23N3O3S. The molecular weight excluding hydrogens is 386 g/mol. The predicted molar refractivity (Wildman–Crippen MR) is 114 cm³/mol. The van der Waals surface area contributed by atoms with Crippen LogP contribution in [0.2, 0.25) is 0 Å². The Bertz CT molecular complexity index is 975. The summed E-state index contributed by atoms with van der Waals surface area (Å²) in [6.07, 6.45) is 1.74. The van der Waals surface area contributed by atoms with Crippen LogP contribution < -0.4 is 5.32 Å². The third kappa shape index (κ3) is 4.79. The Labute approximate surface area is 173 Å². The first-order valence-electron chi connectivity index (χ1n) is 9.72. The van der Waals surface area contributed by atoms with E-state index in [0.29, 0.717) is 5.75 Å². The third-order valence-electron chi connectivity index (χ3n) is 5.04. The van der Waals surface area contributed by atoms with Gasteiger partial charge in [0.1, 0.15) is 5.52 Å². The van der Waals surface area contributed by atoms with E-state index in [1.165, 1.54) is 18.7 Å². The van der Waals surface area contributed by atoms with E-state index >= 15 is 0 Å². The maximum atomic E-state index is 12.6. The molecule has 1 saturated heterocycles. The lowest BCUT2D eigenvalue weighted by Gasteiger charge is -2.30. The third-order valence-corrected chi connectivity index (χ3v) is 6.04. The number of amides is 2. The van der Waals surface area contributed by atoms with Crippen molar-refractivity contribution in [1.29, 1.82) is 0 Å². The van der Waals surface area contributed by atoms with Gasteiger partial charge in [-0.1, -0.05) is 12.1 Å². The highest BCUT2D eigenvalue weighted by Crippen LogP contribution is 2.30. The number of benzene rings is 2. The number of piperidine rings is 1. The van der Waals surface area contributed by atoms with Crippen molar-refractivity contribution < 1.29 is 14.0 Å². The zero-order valence-electron chi connectivity index (χ0n) is 16.3. The predicted octanol–water partition coefficient (Wildman–Crippen LogP) is 4.28. The summed E-state index contributed by atoms with van der Waals surface area (Å²) in [6, 6.07) is 15.3. The van der Waals surface area contributed by atoms with E-state index in [2.05, 4.69) is 10.3 Å². The minimum Gasteiger partial charge on any atom is -0.440 e. The van der Waals surface area contributed by atoms with Crippen LogP contribution in [0.5, 0.6) is 0 Å². The summed E-state index contributed by atoms with van der Waals surface area (Å²) >= 11 is 1.52. The molecule has 1 fully saturated rings. The Morgan fingerprint density at radius 1 is 1.14 bits per heavy atom. The van der Waals surface area contributed by atoms with Gasteiger partial charge in [0.15, 0.2) is 11.5 Å². The number of rotatable bonds is 5. The van der Waals surface area contributed by atoms with E-state index in [1.807, 2.05) is 53.4 Å². The molecule has 2 amide bonds. The quantitative estimate of drug-likeness (QED) is 0.637. The fourth-order valence-corrected chi connectivity index (χ4v) is 4.32. The van der Waals surface area contributed by atoms with Gasteiger partial charge in [0.2, 0.25) is 11.8 Å². The average Bonchev–Trinajstić information content (AvgIpc) is 3.17. The fraction of sp³-hybridized carbons (Fsp3) is 0.318. The Hall–Kier alpha value is -2.80. The molecule has 2 aromatic carbocycles. The molecule has 1 aliphatic rings. The fourth-order valence-electron chi connectivity index (χ4n) is 3.51. The molecule has 0 atom stereocenters. The van der Waals surface area contributed by atoms with Crippen molar-refractivity contribution in [2.24, 2.45) is 0 Å². The Balaban J connectivity index is 1.27. The summed E-state index contributed by atoms with van der Waals surface area (Å²) in [6.45, 7) is 2.93. The lowest BCUT2D eigenvalue weighted by molar-refractivity contribution is -0.129. The molecule has 29 heavy (non-hydrogen) atoms. The molecule has 0 bridgehead atoms. The summed E-state index contributed by atoms with van der Waals surface area (Å²) < 4.78 is 5.90. The number of aromatic nitrogens is 1. The second kappa shape index (κ2) is 8.69. The molecule has 3 aromatic rings. The molecule has 1 N–H and O–H groups in total. The maximum absolute atomic E-state index is 12.6. The van der Waals surface area contributed by atoms with Crippen molar-refractivity contribution in [2.45, 2.75) is 30.6 Å².